The van der Waals surface area contributed by atoms with E-state index < -0.39 is 15.6 Å². The maximum absolute atomic E-state index is 10.7. The molecule has 0 fully saturated rings. The largest absolute Gasteiger partial charge is 0.522 e. The molecule has 0 aromatic heterocycles. The summed E-state index contributed by atoms with van der Waals surface area (Å²) in [5.41, 5.74) is -5.53. The van der Waals surface area contributed by atoms with Gasteiger partial charge in [0.15, 0.2) is 0 Å². The van der Waals surface area contributed by atoms with Gasteiger partial charge in [0.2, 0.25) is 0 Å². The van der Waals surface area contributed by atoms with E-state index in [1.54, 1.807) is 0 Å². The predicted molar refractivity (Wildman–Crippen MR) is 33.5 cm³/mol. The van der Waals surface area contributed by atoms with Crippen molar-refractivity contribution in [2.45, 2.75) is 18.9 Å². The topological polar surface area (TPSA) is 78.2 Å². The van der Waals surface area contributed by atoms with Gasteiger partial charge in [-0.25, -0.2) is 0 Å². The molecule has 0 bridgehead atoms. The molecule has 4 nitrogen and oxygen atoms in total. The Balaban J connectivity index is 0. The predicted octanol–water partition coefficient (Wildman–Crippen LogP) is 1.31. The molecule has 0 atom stereocenters. The van der Waals surface area contributed by atoms with Gasteiger partial charge in [0.05, 0.1) is 6.07 Å². The molecule has 0 aliphatic rings. The fourth-order valence-corrected chi connectivity index (χ4v) is 0. The lowest BCUT2D eigenvalue weighted by Gasteiger charge is -1.97. The maximum atomic E-state index is 10.7. The smallest absolute Gasteiger partial charge is 0.279 e. The molecular formula is C4H6F3NO3S. The molecule has 0 saturated carbocycles. The van der Waals surface area contributed by atoms with Crippen molar-refractivity contribution in [3.63, 3.8) is 0 Å². The molecule has 0 heterocycles. The molecule has 0 spiro atoms. The highest BCUT2D eigenvalue weighted by atomic mass is 32.2. The lowest BCUT2D eigenvalue weighted by Crippen LogP contribution is -2.21. The summed E-state index contributed by atoms with van der Waals surface area (Å²) in [7, 11) is -5.84. The second-order valence-electron chi connectivity index (χ2n) is 1.43. The molecule has 0 radical (unpaired) electrons. The number of rotatable bonds is 0. The highest BCUT2D eigenvalue weighted by Crippen LogP contribution is 2.20. The van der Waals surface area contributed by atoms with E-state index in [1.807, 2.05) is 13.0 Å². The van der Waals surface area contributed by atoms with E-state index in [0.717, 1.165) is 0 Å². The van der Waals surface area contributed by atoms with Crippen LogP contribution in [0.3, 0.4) is 0 Å². The molecule has 72 valence electrons. The minimum atomic E-state index is -5.84. The first kappa shape index (κ1) is 13.8. The van der Waals surface area contributed by atoms with Crippen LogP contribution < -0.4 is 0 Å². The van der Waals surface area contributed by atoms with Gasteiger partial charge in [-0.15, -0.1) is 0 Å². The monoisotopic (exact) mass is 205 g/mol. The van der Waals surface area contributed by atoms with E-state index in [9.17, 15) is 13.2 Å². The number of hydrogen-bond acceptors (Lipinski definition) is 3. The van der Waals surface area contributed by atoms with E-state index >= 15 is 0 Å². The standard InChI is InChI=1S/C3H5N.CHF3O3S/c1-2-3-4;2-1(3,4)8(5,6)7/h2H2,1H3;(H,5,6,7). The van der Waals surface area contributed by atoms with Gasteiger partial charge in [-0.3, -0.25) is 4.55 Å². The van der Waals surface area contributed by atoms with E-state index in [-0.39, 0.29) is 0 Å². The molecular weight excluding hydrogens is 199 g/mol. The van der Waals surface area contributed by atoms with Crippen molar-refractivity contribution in [2.75, 3.05) is 0 Å². The second-order valence-corrected chi connectivity index (χ2v) is 2.85. The molecule has 0 saturated heterocycles. The molecule has 0 aliphatic carbocycles. The minimum Gasteiger partial charge on any atom is -0.279 e. The van der Waals surface area contributed by atoms with Crippen molar-refractivity contribution in [1.82, 2.24) is 0 Å². The molecule has 12 heavy (non-hydrogen) atoms. The van der Waals surface area contributed by atoms with Crippen LogP contribution in [0.25, 0.3) is 0 Å². The Kier molecular flexibility index (Phi) is 5.67. The summed E-state index contributed by atoms with van der Waals surface area (Å²) in [5, 5.41) is 7.62. The van der Waals surface area contributed by atoms with Gasteiger partial charge in [-0.05, 0) is 0 Å². The van der Waals surface area contributed by atoms with Gasteiger partial charge in [-0.1, -0.05) is 6.92 Å². The Labute approximate surface area is 67.4 Å². The normalized spacial score (nSPS) is 11.0. The van der Waals surface area contributed by atoms with E-state index in [1.165, 1.54) is 0 Å². The maximum Gasteiger partial charge on any atom is 0.522 e. The van der Waals surface area contributed by atoms with Gasteiger partial charge in [0.1, 0.15) is 0 Å². The lowest BCUT2D eigenvalue weighted by atomic mass is 10.6. The van der Waals surface area contributed by atoms with Crippen molar-refractivity contribution in [3.05, 3.63) is 0 Å². The summed E-state index contributed by atoms with van der Waals surface area (Å²) in [4.78, 5) is 0. The second kappa shape index (κ2) is 4.95. The highest BCUT2D eigenvalue weighted by Gasteiger charge is 2.44. The summed E-state index contributed by atoms with van der Waals surface area (Å²) >= 11 is 0. The van der Waals surface area contributed by atoms with Gasteiger partial charge in [-0.2, -0.15) is 26.9 Å². The summed E-state index contributed by atoms with van der Waals surface area (Å²) < 4.78 is 57.5. The fourth-order valence-electron chi connectivity index (χ4n) is 0. The van der Waals surface area contributed by atoms with Crippen LogP contribution in [-0.4, -0.2) is 18.5 Å². The quantitative estimate of drug-likeness (QED) is 0.477. The first-order chi connectivity index (χ1) is 5.16. The molecule has 1 N–H and O–H groups in total. The van der Waals surface area contributed by atoms with Crippen LogP contribution in [-0.2, 0) is 10.1 Å². The van der Waals surface area contributed by atoms with Crippen LogP contribution >= 0.6 is 0 Å². The van der Waals surface area contributed by atoms with E-state index in [0.29, 0.717) is 6.42 Å². The molecule has 0 aromatic carbocycles. The zero-order valence-electron chi connectivity index (χ0n) is 5.96. The first-order valence-corrected chi connectivity index (χ1v) is 4.01. The van der Waals surface area contributed by atoms with E-state index in [4.69, 9.17) is 18.2 Å². The average molecular weight is 205 g/mol. The van der Waals surface area contributed by atoms with Gasteiger partial charge in [0.25, 0.3) is 0 Å². The molecule has 8 heteroatoms. The SMILES string of the molecule is CCC#N.O=S(=O)(O)C(F)(F)F. The number of halogens is 3. The van der Waals surface area contributed by atoms with Gasteiger partial charge in [0, 0.05) is 6.42 Å². The zero-order valence-corrected chi connectivity index (χ0v) is 6.78. The average Bonchev–Trinajstić information content (AvgIpc) is 1.84. The lowest BCUT2D eigenvalue weighted by molar-refractivity contribution is -0.0510. The van der Waals surface area contributed by atoms with Crippen LogP contribution in [0.5, 0.6) is 0 Å². The summed E-state index contributed by atoms with van der Waals surface area (Å²) in [6, 6.07) is 1.93. The van der Waals surface area contributed by atoms with Gasteiger partial charge >= 0.3 is 15.6 Å². The van der Waals surface area contributed by atoms with Crippen LogP contribution in [0.15, 0.2) is 0 Å². The Bertz CT molecular complexity index is 250. The Morgan fingerprint density at radius 3 is 1.67 bits per heavy atom. The van der Waals surface area contributed by atoms with Crippen LogP contribution in [0.2, 0.25) is 0 Å². The first-order valence-electron chi connectivity index (χ1n) is 2.57. The summed E-state index contributed by atoms with van der Waals surface area (Å²) in [5.74, 6) is 0. The number of alkyl halides is 3. The summed E-state index contributed by atoms with van der Waals surface area (Å²) in [6.45, 7) is 1.82. The van der Waals surface area contributed by atoms with Crippen LogP contribution in [0, 0.1) is 11.3 Å². The fraction of sp³-hybridized carbons (Fsp3) is 0.750. The highest BCUT2D eigenvalue weighted by molar-refractivity contribution is 7.86. The van der Waals surface area contributed by atoms with Crippen molar-refractivity contribution in [2.24, 2.45) is 0 Å². The van der Waals surface area contributed by atoms with Crippen molar-refractivity contribution in [1.29, 1.82) is 5.26 Å². The third-order valence-electron chi connectivity index (χ3n) is 0.451. The molecule has 0 unspecified atom stereocenters. The molecule has 0 amide bonds. The van der Waals surface area contributed by atoms with Crippen LogP contribution in [0.1, 0.15) is 13.3 Å². The van der Waals surface area contributed by atoms with E-state index in [2.05, 4.69) is 0 Å². The number of nitriles is 1. The molecule has 0 aromatic rings. The summed E-state index contributed by atoms with van der Waals surface area (Å²) in [6.07, 6.45) is 0.625. The number of nitrogens with zero attached hydrogens (tertiary/aromatic N) is 1. The van der Waals surface area contributed by atoms with Crippen molar-refractivity contribution < 1.29 is 26.1 Å². The third kappa shape index (κ3) is 7.30. The van der Waals surface area contributed by atoms with Crippen molar-refractivity contribution in [3.8, 4) is 6.07 Å². The van der Waals surface area contributed by atoms with Crippen molar-refractivity contribution >= 4 is 10.1 Å². The minimum absolute atomic E-state index is 0.625. The van der Waals surface area contributed by atoms with Gasteiger partial charge < -0.3 is 0 Å². The van der Waals surface area contributed by atoms with Crippen LogP contribution in [0.4, 0.5) is 13.2 Å². The molecule has 0 rings (SSSR count). The Morgan fingerprint density at radius 2 is 1.67 bits per heavy atom. The Hall–Kier alpha value is -0.810. The third-order valence-corrected chi connectivity index (χ3v) is 1.04. The zero-order chi connectivity index (χ0) is 10.4. The molecule has 0 aliphatic heterocycles. The Morgan fingerprint density at radius 1 is 1.50 bits per heavy atom. The number of hydrogen-bond donors (Lipinski definition) is 1.